The van der Waals surface area contributed by atoms with Crippen LogP contribution >= 0.6 is 0 Å². The molecule has 0 spiro atoms. The monoisotopic (exact) mass is 334 g/mol. The zero-order chi connectivity index (χ0) is 17.1. The van der Waals surface area contributed by atoms with Gasteiger partial charge >= 0.3 is 0 Å². The highest BCUT2D eigenvalue weighted by Crippen LogP contribution is 2.29. The van der Waals surface area contributed by atoms with Gasteiger partial charge in [0.05, 0.1) is 0 Å². The summed E-state index contributed by atoms with van der Waals surface area (Å²) in [5.41, 5.74) is 0. The van der Waals surface area contributed by atoms with E-state index in [9.17, 15) is 9.59 Å². The molecule has 1 saturated heterocycles. The molecule has 7 heteroatoms. The second-order valence-electron chi connectivity index (χ2n) is 6.81. The predicted octanol–water partition coefficient (Wildman–Crippen LogP) is 1.42. The predicted molar refractivity (Wildman–Crippen MR) is 87.1 cm³/mol. The lowest BCUT2D eigenvalue weighted by Crippen LogP contribution is -2.56. The minimum absolute atomic E-state index is 0.0594. The second kappa shape index (κ2) is 7.32. The smallest absolute Gasteiger partial charge is 0.227 e. The summed E-state index contributed by atoms with van der Waals surface area (Å²) in [5.74, 6) is 1.79. The largest absolute Gasteiger partial charge is 0.339 e. The van der Waals surface area contributed by atoms with Crippen molar-refractivity contribution in [2.45, 2.75) is 58.4 Å². The summed E-state index contributed by atoms with van der Waals surface area (Å²) < 4.78 is 5.13. The van der Waals surface area contributed by atoms with E-state index in [-0.39, 0.29) is 23.8 Å². The van der Waals surface area contributed by atoms with Crippen molar-refractivity contribution in [3.05, 3.63) is 11.7 Å². The fraction of sp³-hybridized carbons (Fsp3) is 0.765. The van der Waals surface area contributed by atoms with Gasteiger partial charge in [-0.05, 0) is 19.8 Å². The molecule has 2 aliphatic rings. The van der Waals surface area contributed by atoms with E-state index >= 15 is 0 Å². The zero-order valence-electron chi connectivity index (χ0n) is 14.5. The van der Waals surface area contributed by atoms with Crippen LogP contribution in [-0.4, -0.2) is 57.4 Å². The third kappa shape index (κ3) is 3.60. The van der Waals surface area contributed by atoms with E-state index in [0.717, 1.165) is 19.3 Å². The standard InChI is InChI=1S/C17H26N4O3/c1-3-14-18-15(24-19-14)7-8-16(22)21-10-9-20(11-12(21)2)17(23)13-5-4-6-13/h12-13H,3-11H2,1-2H3. The fourth-order valence-electron chi connectivity index (χ4n) is 3.33. The summed E-state index contributed by atoms with van der Waals surface area (Å²) in [7, 11) is 0. The van der Waals surface area contributed by atoms with Gasteiger partial charge in [-0.15, -0.1) is 0 Å². The lowest BCUT2D eigenvalue weighted by Gasteiger charge is -2.42. The fourth-order valence-corrected chi connectivity index (χ4v) is 3.33. The average Bonchev–Trinajstić information content (AvgIpc) is 2.99. The highest BCUT2D eigenvalue weighted by Gasteiger charge is 2.34. The number of carbonyl (C=O) groups excluding carboxylic acids is 2. The summed E-state index contributed by atoms with van der Waals surface area (Å²) in [5, 5.41) is 3.84. The maximum atomic E-state index is 12.5. The molecule has 0 N–H and O–H groups in total. The molecule has 0 radical (unpaired) electrons. The number of nitrogens with zero attached hydrogens (tertiary/aromatic N) is 4. The number of hydrogen-bond donors (Lipinski definition) is 0. The molecule has 2 heterocycles. The third-order valence-corrected chi connectivity index (χ3v) is 5.09. The van der Waals surface area contributed by atoms with Crippen molar-refractivity contribution in [2.24, 2.45) is 5.92 Å². The van der Waals surface area contributed by atoms with Crippen molar-refractivity contribution in [3.8, 4) is 0 Å². The van der Waals surface area contributed by atoms with Crippen LogP contribution in [0.25, 0.3) is 0 Å². The molecule has 3 rings (SSSR count). The molecule has 1 unspecified atom stereocenters. The van der Waals surface area contributed by atoms with Crippen LogP contribution in [0.4, 0.5) is 0 Å². The van der Waals surface area contributed by atoms with Crippen molar-refractivity contribution >= 4 is 11.8 Å². The summed E-state index contributed by atoms with van der Waals surface area (Å²) in [4.78, 5) is 32.9. The van der Waals surface area contributed by atoms with Crippen molar-refractivity contribution in [3.63, 3.8) is 0 Å². The van der Waals surface area contributed by atoms with Gasteiger partial charge in [-0.25, -0.2) is 0 Å². The van der Waals surface area contributed by atoms with Crippen LogP contribution in [-0.2, 0) is 22.4 Å². The van der Waals surface area contributed by atoms with Gasteiger partial charge in [0.15, 0.2) is 5.82 Å². The van der Waals surface area contributed by atoms with E-state index in [0.29, 0.717) is 44.2 Å². The number of aryl methyl sites for hydroxylation is 2. The van der Waals surface area contributed by atoms with Gasteiger partial charge in [-0.2, -0.15) is 4.98 Å². The highest BCUT2D eigenvalue weighted by atomic mass is 16.5. The van der Waals surface area contributed by atoms with Gasteiger partial charge in [0.25, 0.3) is 0 Å². The number of piperazine rings is 1. The Balaban J connectivity index is 1.48. The van der Waals surface area contributed by atoms with Crippen molar-refractivity contribution in [2.75, 3.05) is 19.6 Å². The zero-order valence-corrected chi connectivity index (χ0v) is 14.5. The Hall–Kier alpha value is -1.92. The molecular weight excluding hydrogens is 308 g/mol. The summed E-state index contributed by atoms with van der Waals surface area (Å²) >= 11 is 0. The van der Waals surface area contributed by atoms with Crippen LogP contribution in [0.15, 0.2) is 4.52 Å². The minimum atomic E-state index is 0.0594. The Labute approximate surface area is 142 Å². The minimum Gasteiger partial charge on any atom is -0.339 e. The third-order valence-electron chi connectivity index (χ3n) is 5.09. The molecule has 1 atom stereocenters. The van der Waals surface area contributed by atoms with Gasteiger partial charge in [-0.1, -0.05) is 18.5 Å². The Morgan fingerprint density at radius 3 is 2.67 bits per heavy atom. The Bertz CT molecular complexity index is 596. The maximum absolute atomic E-state index is 12.5. The SMILES string of the molecule is CCc1noc(CCC(=O)N2CCN(C(=O)C3CCC3)CC2C)n1. The van der Waals surface area contributed by atoms with E-state index in [1.807, 2.05) is 23.6 Å². The van der Waals surface area contributed by atoms with E-state index in [1.165, 1.54) is 6.42 Å². The number of rotatable bonds is 5. The van der Waals surface area contributed by atoms with Gasteiger partial charge in [0, 0.05) is 50.9 Å². The molecule has 1 aliphatic carbocycles. The van der Waals surface area contributed by atoms with Crippen LogP contribution in [0.3, 0.4) is 0 Å². The van der Waals surface area contributed by atoms with Crippen LogP contribution in [0.5, 0.6) is 0 Å². The normalized spacial score (nSPS) is 21.7. The lowest BCUT2D eigenvalue weighted by atomic mass is 9.84. The molecule has 132 valence electrons. The van der Waals surface area contributed by atoms with E-state index < -0.39 is 0 Å². The highest BCUT2D eigenvalue weighted by molar-refractivity contribution is 5.81. The van der Waals surface area contributed by atoms with E-state index in [2.05, 4.69) is 10.1 Å². The first-order chi connectivity index (χ1) is 11.6. The molecule has 1 saturated carbocycles. The van der Waals surface area contributed by atoms with Gasteiger partial charge < -0.3 is 14.3 Å². The summed E-state index contributed by atoms with van der Waals surface area (Å²) in [6, 6.07) is 0.0594. The van der Waals surface area contributed by atoms with Crippen LogP contribution < -0.4 is 0 Å². The maximum Gasteiger partial charge on any atom is 0.227 e. The van der Waals surface area contributed by atoms with Crippen molar-refractivity contribution in [1.82, 2.24) is 19.9 Å². The van der Waals surface area contributed by atoms with Crippen molar-refractivity contribution < 1.29 is 14.1 Å². The first kappa shape index (κ1) is 16.9. The quantitative estimate of drug-likeness (QED) is 0.814. The Kier molecular flexibility index (Phi) is 5.16. The second-order valence-corrected chi connectivity index (χ2v) is 6.81. The summed E-state index contributed by atoms with van der Waals surface area (Å²) in [6.07, 6.45) is 4.78. The average molecular weight is 334 g/mol. The molecule has 2 fully saturated rings. The van der Waals surface area contributed by atoms with Gasteiger partial charge in [0.2, 0.25) is 17.7 Å². The number of aromatic nitrogens is 2. The lowest BCUT2D eigenvalue weighted by molar-refractivity contribution is -0.146. The Morgan fingerprint density at radius 2 is 2.08 bits per heavy atom. The van der Waals surface area contributed by atoms with E-state index in [1.54, 1.807) is 0 Å². The van der Waals surface area contributed by atoms with Crippen LogP contribution in [0, 0.1) is 5.92 Å². The summed E-state index contributed by atoms with van der Waals surface area (Å²) in [6.45, 7) is 5.88. The molecule has 2 amide bonds. The first-order valence-corrected chi connectivity index (χ1v) is 8.98. The molecule has 1 aromatic heterocycles. The first-order valence-electron chi connectivity index (χ1n) is 8.98. The number of amides is 2. The molecule has 1 aromatic rings. The van der Waals surface area contributed by atoms with Crippen LogP contribution in [0.2, 0.25) is 0 Å². The molecule has 7 nitrogen and oxygen atoms in total. The number of carbonyl (C=O) groups is 2. The van der Waals surface area contributed by atoms with Gasteiger partial charge in [-0.3, -0.25) is 9.59 Å². The topological polar surface area (TPSA) is 79.5 Å². The molecule has 24 heavy (non-hydrogen) atoms. The number of hydrogen-bond acceptors (Lipinski definition) is 5. The molecule has 1 aliphatic heterocycles. The van der Waals surface area contributed by atoms with Gasteiger partial charge in [0.1, 0.15) is 0 Å². The Morgan fingerprint density at radius 1 is 1.29 bits per heavy atom. The van der Waals surface area contributed by atoms with E-state index in [4.69, 9.17) is 4.52 Å². The molecular formula is C17H26N4O3. The molecule has 0 bridgehead atoms. The molecule has 0 aromatic carbocycles. The van der Waals surface area contributed by atoms with Crippen LogP contribution in [0.1, 0.15) is 51.2 Å². The van der Waals surface area contributed by atoms with Crippen molar-refractivity contribution in [1.29, 1.82) is 0 Å².